The molecule has 0 bridgehead atoms. The lowest BCUT2D eigenvalue weighted by Gasteiger charge is -2.19. The Bertz CT molecular complexity index is 794. The summed E-state index contributed by atoms with van der Waals surface area (Å²) in [6.45, 7) is 2.69. The van der Waals surface area contributed by atoms with E-state index in [0.29, 0.717) is 11.7 Å². The molecule has 27 heavy (non-hydrogen) atoms. The van der Waals surface area contributed by atoms with Gasteiger partial charge in [0.15, 0.2) is 18.1 Å². The van der Waals surface area contributed by atoms with E-state index in [0.717, 1.165) is 43.1 Å². The predicted molar refractivity (Wildman–Crippen MR) is 103 cm³/mol. The number of para-hydroxylation sites is 1. The minimum Gasteiger partial charge on any atom is -0.493 e. The zero-order chi connectivity index (χ0) is 19.2. The number of carbonyl (C=O) groups is 1. The van der Waals surface area contributed by atoms with Crippen LogP contribution in [0.1, 0.15) is 23.5 Å². The lowest BCUT2D eigenvalue weighted by atomic mass is 9.97. The molecule has 3 rings (SSSR count). The SMILES string of the molecule is COc1cccc([C@@H]2CCN(Cc3cccc(OCC(N)=O)c3)C2)c1OC. The van der Waals surface area contributed by atoms with E-state index in [4.69, 9.17) is 19.9 Å². The fraction of sp³-hybridized carbons (Fsp3) is 0.381. The van der Waals surface area contributed by atoms with Crippen LogP contribution in [0, 0.1) is 0 Å². The van der Waals surface area contributed by atoms with Crippen molar-refractivity contribution in [2.24, 2.45) is 5.73 Å². The normalized spacial score (nSPS) is 16.9. The summed E-state index contributed by atoms with van der Waals surface area (Å²) in [5, 5.41) is 0. The lowest BCUT2D eigenvalue weighted by molar-refractivity contribution is -0.119. The summed E-state index contributed by atoms with van der Waals surface area (Å²) < 4.78 is 16.4. The summed E-state index contributed by atoms with van der Waals surface area (Å²) in [5.74, 6) is 2.19. The molecule has 0 radical (unpaired) electrons. The van der Waals surface area contributed by atoms with Crippen LogP contribution in [-0.4, -0.2) is 44.7 Å². The number of benzene rings is 2. The highest BCUT2D eigenvalue weighted by molar-refractivity contribution is 5.75. The number of likely N-dealkylation sites (tertiary alicyclic amines) is 1. The average Bonchev–Trinajstić information content (AvgIpc) is 3.14. The Hall–Kier alpha value is -2.73. The Morgan fingerprint density at radius 1 is 1.19 bits per heavy atom. The summed E-state index contributed by atoms with van der Waals surface area (Å²) in [6, 6.07) is 13.9. The van der Waals surface area contributed by atoms with Crippen molar-refractivity contribution in [2.75, 3.05) is 33.9 Å². The Balaban J connectivity index is 1.65. The largest absolute Gasteiger partial charge is 0.493 e. The molecule has 2 N–H and O–H groups in total. The van der Waals surface area contributed by atoms with E-state index in [1.807, 2.05) is 30.3 Å². The third-order valence-electron chi connectivity index (χ3n) is 4.83. The topological polar surface area (TPSA) is 74.0 Å². The highest BCUT2D eigenvalue weighted by Gasteiger charge is 2.27. The molecule has 0 spiro atoms. The molecule has 144 valence electrons. The maximum absolute atomic E-state index is 10.9. The van der Waals surface area contributed by atoms with Crippen LogP contribution in [-0.2, 0) is 11.3 Å². The highest BCUT2D eigenvalue weighted by atomic mass is 16.5. The number of nitrogens with zero attached hydrogens (tertiary/aromatic N) is 1. The molecule has 0 unspecified atom stereocenters. The van der Waals surface area contributed by atoms with Crippen LogP contribution in [0.4, 0.5) is 0 Å². The first-order valence-corrected chi connectivity index (χ1v) is 9.04. The number of carbonyl (C=O) groups excluding carboxylic acids is 1. The molecule has 1 aliphatic rings. The Morgan fingerprint density at radius 2 is 2.00 bits per heavy atom. The monoisotopic (exact) mass is 370 g/mol. The molecule has 1 aliphatic heterocycles. The Morgan fingerprint density at radius 3 is 2.74 bits per heavy atom. The second-order valence-corrected chi connectivity index (χ2v) is 6.71. The maximum atomic E-state index is 10.9. The number of hydrogen-bond donors (Lipinski definition) is 1. The van der Waals surface area contributed by atoms with E-state index in [1.165, 1.54) is 5.56 Å². The molecule has 0 aliphatic carbocycles. The van der Waals surface area contributed by atoms with E-state index < -0.39 is 5.91 Å². The molecule has 6 heteroatoms. The summed E-state index contributed by atoms with van der Waals surface area (Å²) in [7, 11) is 3.35. The second kappa shape index (κ2) is 8.77. The first kappa shape index (κ1) is 19.0. The molecule has 1 atom stereocenters. The average molecular weight is 370 g/mol. The molecule has 1 heterocycles. The quantitative estimate of drug-likeness (QED) is 0.773. The van der Waals surface area contributed by atoms with Gasteiger partial charge in [0.25, 0.3) is 5.91 Å². The highest BCUT2D eigenvalue weighted by Crippen LogP contribution is 2.39. The summed E-state index contributed by atoms with van der Waals surface area (Å²) in [6.07, 6.45) is 1.07. The van der Waals surface area contributed by atoms with Gasteiger partial charge in [-0.15, -0.1) is 0 Å². The van der Waals surface area contributed by atoms with Crippen molar-refractivity contribution in [3.63, 3.8) is 0 Å². The number of primary amides is 1. The Kier molecular flexibility index (Phi) is 6.19. The molecule has 0 saturated carbocycles. The minimum absolute atomic E-state index is 0.106. The van der Waals surface area contributed by atoms with Crippen LogP contribution in [0.25, 0.3) is 0 Å². The molecular formula is C21H26N2O4. The van der Waals surface area contributed by atoms with Crippen molar-refractivity contribution in [3.8, 4) is 17.2 Å². The molecule has 1 fully saturated rings. The molecule has 1 amide bonds. The fourth-order valence-corrected chi connectivity index (χ4v) is 3.61. The van der Waals surface area contributed by atoms with E-state index in [2.05, 4.69) is 17.0 Å². The van der Waals surface area contributed by atoms with Gasteiger partial charge in [-0.1, -0.05) is 24.3 Å². The van der Waals surface area contributed by atoms with Crippen LogP contribution in [0.2, 0.25) is 0 Å². The zero-order valence-corrected chi connectivity index (χ0v) is 15.8. The van der Waals surface area contributed by atoms with Crippen molar-refractivity contribution in [2.45, 2.75) is 18.9 Å². The van der Waals surface area contributed by atoms with Crippen molar-refractivity contribution >= 4 is 5.91 Å². The van der Waals surface area contributed by atoms with Crippen molar-refractivity contribution in [1.29, 1.82) is 0 Å². The van der Waals surface area contributed by atoms with E-state index in [9.17, 15) is 4.79 Å². The molecular weight excluding hydrogens is 344 g/mol. The van der Waals surface area contributed by atoms with Crippen LogP contribution in [0.3, 0.4) is 0 Å². The molecule has 6 nitrogen and oxygen atoms in total. The van der Waals surface area contributed by atoms with E-state index in [1.54, 1.807) is 14.2 Å². The summed E-state index contributed by atoms with van der Waals surface area (Å²) >= 11 is 0. The maximum Gasteiger partial charge on any atom is 0.255 e. The van der Waals surface area contributed by atoms with Crippen LogP contribution < -0.4 is 19.9 Å². The smallest absolute Gasteiger partial charge is 0.255 e. The first-order chi connectivity index (χ1) is 13.1. The van der Waals surface area contributed by atoms with Crippen LogP contribution >= 0.6 is 0 Å². The number of ether oxygens (including phenoxy) is 3. The molecule has 0 aromatic heterocycles. The van der Waals surface area contributed by atoms with Gasteiger partial charge in [-0.3, -0.25) is 9.69 Å². The molecule has 2 aromatic carbocycles. The minimum atomic E-state index is -0.477. The standard InChI is InChI=1S/C21H26N2O4/c1-25-19-8-4-7-18(21(19)26-2)16-9-10-23(13-16)12-15-5-3-6-17(11-15)27-14-20(22)24/h3-8,11,16H,9-10,12-14H2,1-2H3,(H2,22,24)/t16-/m1/s1. The van der Waals surface area contributed by atoms with Crippen LogP contribution in [0.5, 0.6) is 17.2 Å². The summed E-state index contributed by atoms with van der Waals surface area (Å²) in [4.78, 5) is 13.3. The van der Waals surface area contributed by atoms with Gasteiger partial charge in [0.2, 0.25) is 0 Å². The predicted octanol–water partition coefficient (Wildman–Crippen LogP) is 2.56. The lowest BCUT2D eigenvalue weighted by Crippen LogP contribution is -2.21. The Labute approximate surface area is 159 Å². The van der Waals surface area contributed by atoms with Crippen molar-refractivity contribution in [1.82, 2.24) is 4.90 Å². The van der Waals surface area contributed by atoms with E-state index >= 15 is 0 Å². The number of hydrogen-bond acceptors (Lipinski definition) is 5. The van der Waals surface area contributed by atoms with Crippen LogP contribution in [0.15, 0.2) is 42.5 Å². The number of amides is 1. The molecule has 2 aromatic rings. The van der Waals surface area contributed by atoms with E-state index in [-0.39, 0.29) is 6.61 Å². The zero-order valence-electron chi connectivity index (χ0n) is 15.8. The van der Waals surface area contributed by atoms with Gasteiger partial charge in [-0.25, -0.2) is 0 Å². The number of rotatable bonds is 8. The van der Waals surface area contributed by atoms with Crippen molar-refractivity contribution in [3.05, 3.63) is 53.6 Å². The van der Waals surface area contributed by atoms with Gasteiger partial charge in [-0.05, 0) is 36.7 Å². The second-order valence-electron chi connectivity index (χ2n) is 6.71. The third kappa shape index (κ3) is 4.71. The fourth-order valence-electron chi connectivity index (χ4n) is 3.61. The van der Waals surface area contributed by atoms with Crippen molar-refractivity contribution < 1.29 is 19.0 Å². The van der Waals surface area contributed by atoms with Gasteiger partial charge >= 0.3 is 0 Å². The van der Waals surface area contributed by atoms with Gasteiger partial charge < -0.3 is 19.9 Å². The molecule has 1 saturated heterocycles. The number of methoxy groups -OCH3 is 2. The van der Waals surface area contributed by atoms with Gasteiger partial charge in [-0.2, -0.15) is 0 Å². The summed E-state index contributed by atoms with van der Waals surface area (Å²) in [5.41, 5.74) is 7.47. The first-order valence-electron chi connectivity index (χ1n) is 9.04. The van der Waals surface area contributed by atoms with Gasteiger partial charge in [0.1, 0.15) is 5.75 Å². The third-order valence-corrected chi connectivity index (χ3v) is 4.83. The van der Waals surface area contributed by atoms with Gasteiger partial charge in [0, 0.05) is 24.6 Å². The number of nitrogens with two attached hydrogens (primary N) is 1. The van der Waals surface area contributed by atoms with Gasteiger partial charge in [0.05, 0.1) is 14.2 Å².